The largest absolute Gasteiger partial charge is 0.293 e. The molecule has 0 aromatic heterocycles. The van der Waals surface area contributed by atoms with E-state index >= 15 is 0 Å². The van der Waals surface area contributed by atoms with Gasteiger partial charge in [-0.05, 0) is 25.1 Å². The molecule has 0 saturated carbocycles. The van der Waals surface area contributed by atoms with Crippen LogP contribution in [-0.2, 0) is 0 Å². The van der Waals surface area contributed by atoms with Crippen LogP contribution in [0.3, 0.4) is 0 Å². The third kappa shape index (κ3) is 2.72. The molecule has 0 aliphatic rings. The van der Waals surface area contributed by atoms with E-state index < -0.39 is 29.0 Å². The van der Waals surface area contributed by atoms with E-state index in [2.05, 4.69) is 0 Å². The zero-order chi connectivity index (χ0) is 11.6. The topological polar surface area (TPSA) is 17.1 Å². The van der Waals surface area contributed by atoms with Crippen molar-refractivity contribution in [3.8, 4) is 0 Å². The average molecular weight is 237 g/mol. The maximum atomic E-state index is 12.9. The zero-order valence-electron chi connectivity index (χ0n) is 7.81. The number of carbonyl (C=O) groups excluding carboxylic acids is 1. The van der Waals surface area contributed by atoms with E-state index in [1.807, 2.05) is 0 Å². The molecule has 0 N–H and O–H groups in total. The van der Waals surface area contributed by atoms with Gasteiger partial charge in [-0.1, -0.05) is 0 Å². The molecule has 0 aliphatic heterocycles. The maximum Gasteiger partial charge on any atom is 0.266 e. The Morgan fingerprint density at radius 2 is 2.00 bits per heavy atom. The number of carbonyl (C=O) groups is 1. The van der Waals surface area contributed by atoms with Crippen LogP contribution in [0, 0.1) is 5.82 Å². The smallest absolute Gasteiger partial charge is 0.266 e. The Hall–Kier alpha value is -1.03. The molecule has 0 heterocycles. The van der Waals surface area contributed by atoms with Crippen molar-refractivity contribution < 1.29 is 18.0 Å². The lowest BCUT2D eigenvalue weighted by Gasteiger charge is -2.06. The highest BCUT2D eigenvalue weighted by Gasteiger charge is 2.18. The Bertz CT molecular complexity index is 377. The summed E-state index contributed by atoms with van der Waals surface area (Å²) in [5.74, 6) is -1.53. The SMILES string of the molecule is CC(Cl)C(=O)c1ccc(F)c(C(F)F)c1. The van der Waals surface area contributed by atoms with Crippen molar-refractivity contribution in [2.24, 2.45) is 0 Å². The van der Waals surface area contributed by atoms with E-state index in [1.165, 1.54) is 6.92 Å². The van der Waals surface area contributed by atoms with Gasteiger partial charge in [-0.3, -0.25) is 4.79 Å². The van der Waals surface area contributed by atoms with Crippen LogP contribution in [-0.4, -0.2) is 11.2 Å². The summed E-state index contributed by atoms with van der Waals surface area (Å²) in [6.07, 6.45) is -2.94. The van der Waals surface area contributed by atoms with Crippen LogP contribution in [0.5, 0.6) is 0 Å². The molecular weight excluding hydrogens is 229 g/mol. The van der Waals surface area contributed by atoms with E-state index in [9.17, 15) is 18.0 Å². The number of benzene rings is 1. The average Bonchev–Trinajstić information content (AvgIpc) is 2.16. The Morgan fingerprint density at radius 1 is 1.40 bits per heavy atom. The van der Waals surface area contributed by atoms with Gasteiger partial charge in [-0.15, -0.1) is 11.6 Å². The third-order valence-corrected chi connectivity index (χ3v) is 2.08. The van der Waals surface area contributed by atoms with Crippen LogP contribution >= 0.6 is 11.6 Å². The molecule has 1 aromatic rings. The minimum Gasteiger partial charge on any atom is -0.293 e. The first kappa shape index (κ1) is 12.0. The highest BCUT2D eigenvalue weighted by atomic mass is 35.5. The number of ketones is 1. The normalized spacial score (nSPS) is 12.9. The molecule has 82 valence electrons. The Balaban J connectivity index is 3.13. The molecule has 0 spiro atoms. The van der Waals surface area contributed by atoms with Gasteiger partial charge in [0.05, 0.1) is 10.9 Å². The summed E-state index contributed by atoms with van der Waals surface area (Å²) in [6, 6.07) is 2.82. The summed E-state index contributed by atoms with van der Waals surface area (Å²) >= 11 is 5.50. The van der Waals surface area contributed by atoms with E-state index in [-0.39, 0.29) is 5.56 Å². The second kappa shape index (κ2) is 4.66. The summed E-state index contributed by atoms with van der Waals surface area (Å²) in [7, 11) is 0. The lowest BCUT2D eigenvalue weighted by molar-refractivity contribution is 0.0991. The van der Waals surface area contributed by atoms with Crippen LogP contribution in [0.1, 0.15) is 29.3 Å². The van der Waals surface area contributed by atoms with E-state index in [0.29, 0.717) is 0 Å². The first-order chi connectivity index (χ1) is 6.93. The van der Waals surface area contributed by atoms with Gasteiger partial charge in [0.25, 0.3) is 6.43 Å². The molecule has 0 aliphatic carbocycles. The van der Waals surface area contributed by atoms with Crippen molar-refractivity contribution in [1.82, 2.24) is 0 Å². The minimum atomic E-state index is -2.94. The van der Waals surface area contributed by atoms with Crippen molar-refractivity contribution >= 4 is 17.4 Å². The monoisotopic (exact) mass is 236 g/mol. The summed E-state index contributed by atoms with van der Waals surface area (Å²) in [5, 5.41) is -0.819. The molecule has 0 amide bonds. The van der Waals surface area contributed by atoms with Gasteiger partial charge in [-0.2, -0.15) is 0 Å². The number of Topliss-reactive ketones (excluding diaryl/α,β-unsaturated/α-hetero) is 1. The van der Waals surface area contributed by atoms with E-state index in [0.717, 1.165) is 18.2 Å². The molecule has 1 aromatic carbocycles. The summed E-state index contributed by atoms with van der Waals surface area (Å²) < 4.78 is 37.4. The molecule has 1 unspecified atom stereocenters. The predicted molar refractivity (Wildman–Crippen MR) is 51.0 cm³/mol. The molecule has 1 nitrogen and oxygen atoms in total. The number of hydrogen-bond acceptors (Lipinski definition) is 1. The van der Waals surface area contributed by atoms with Crippen molar-refractivity contribution in [3.63, 3.8) is 0 Å². The molecule has 0 fully saturated rings. The predicted octanol–water partition coefficient (Wildman–Crippen LogP) is 3.57. The molecule has 0 saturated heterocycles. The van der Waals surface area contributed by atoms with Crippen molar-refractivity contribution in [2.45, 2.75) is 18.7 Å². The first-order valence-corrected chi connectivity index (χ1v) is 4.63. The van der Waals surface area contributed by atoms with Gasteiger partial charge in [0.1, 0.15) is 5.82 Å². The van der Waals surface area contributed by atoms with Crippen molar-refractivity contribution in [2.75, 3.05) is 0 Å². The Morgan fingerprint density at radius 3 is 2.47 bits per heavy atom. The molecular formula is C10H8ClF3O. The number of alkyl halides is 3. The Labute approximate surface area is 89.9 Å². The van der Waals surface area contributed by atoms with Gasteiger partial charge < -0.3 is 0 Å². The number of hydrogen-bond donors (Lipinski definition) is 0. The number of rotatable bonds is 3. The van der Waals surface area contributed by atoms with Gasteiger partial charge in [0.15, 0.2) is 5.78 Å². The quantitative estimate of drug-likeness (QED) is 0.579. The molecule has 0 radical (unpaired) electrons. The first-order valence-electron chi connectivity index (χ1n) is 4.19. The zero-order valence-corrected chi connectivity index (χ0v) is 8.56. The van der Waals surface area contributed by atoms with Crippen molar-refractivity contribution in [1.29, 1.82) is 0 Å². The van der Waals surface area contributed by atoms with Gasteiger partial charge in [0.2, 0.25) is 0 Å². The van der Waals surface area contributed by atoms with Gasteiger partial charge in [-0.25, -0.2) is 13.2 Å². The minimum absolute atomic E-state index is 0.00537. The molecule has 1 rings (SSSR count). The summed E-state index contributed by atoms with van der Waals surface area (Å²) in [5.41, 5.74) is -0.785. The van der Waals surface area contributed by atoms with E-state index in [4.69, 9.17) is 11.6 Å². The molecule has 5 heteroatoms. The van der Waals surface area contributed by atoms with Crippen molar-refractivity contribution in [3.05, 3.63) is 35.1 Å². The lowest BCUT2D eigenvalue weighted by atomic mass is 10.1. The summed E-state index contributed by atoms with van der Waals surface area (Å²) in [4.78, 5) is 11.3. The van der Waals surface area contributed by atoms with Crippen LogP contribution in [0.15, 0.2) is 18.2 Å². The summed E-state index contributed by atoms with van der Waals surface area (Å²) in [6.45, 7) is 1.43. The van der Waals surface area contributed by atoms with Crippen LogP contribution in [0.2, 0.25) is 0 Å². The van der Waals surface area contributed by atoms with Crippen LogP contribution < -0.4 is 0 Å². The van der Waals surface area contributed by atoms with Gasteiger partial charge in [0, 0.05) is 5.56 Å². The molecule has 15 heavy (non-hydrogen) atoms. The fraction of sp³-hybridized carbons (Fsp3) is 0.300. The van der Waals surface area contributed by atoms with Crippen LogP contribution in [0.4, 0.5) is 13.2 Å². The third-order valence-electron chi connectivity index (χ3n) is 1.88. The Kier molecular flexibility index (Phi) is 3.74. The van der Waals surface area contributed by atoms with Crippen LogP contribution in [0.25, 0.3) is 0 Å². The highest BCUT2D eigenvalue weighted by Crippen LogP contribution is 2.23. The number of halogens is 4. The highest BCUT2D eigenvalue weighted by molar-refractivity contribution is 6.33. The second-order valence-electron chi connectivity index (χ2n) is 3.02. The van der Waals surface area contributed by atoms with Gasteiger partial charge >= 0.3 is 0 Å². The second-order valence-corrected chi connectivity index (χ2v) is 3.67. The lowest BCUT2D eigenvalue weighted by Crippen LogP contribution is -2.11. The molecule has 0 bridgehead atoms. The fourth-order valence-corrected chi connectivity index (χ4v) is 1.22. The maximum absolute atomic E-state index is 12.9. The molecule has 1 atom stereocenters. The fourth-order valence-electron chi connectivity index (χ4n) is 1.09. The van der Waals surface area contributed by atoms with E-state index in [1.54, 1.807) is 0 Å². The standard InChI is InChI=1S/C10H8ClF3O/c1-5(11)9(15)6-2-3-8(12)7(4-6)10(13)14/h2-5,10H,1H3.